The maximum Gasteiger partial charge on any atom is 0.269 e. The number of benzene rings is 3. The topological polar surface area (TPSA) is 76.2 Å². The molecule has 0 N–H and O–H groups in total. The predicted molar refractivity (Wildman–Crippen MR) is 122 cm³/mol. The van der Waals surface area contributed by atoms with Gasteiger partial charge >= 0.3 is 0 Å². The quantitative estimate of drug-likeness (QED) is 0.123. The van der Waals surface area contributed by atoms with Gasteiger partial charge in [0, 0.05) is 22.7 Å². The van der Waals surface area contributed by atoms with Crippen LogP contribution in [0.3, 0.4) is 0 Å². The summed E-state index contributed by atoms with van der Waals surface area (Å²) in [5.74, 6) is 0.658. The third-order valence-electron chi connectivity index (χ3n) is 4.07. The van der Waals surface area contributed by atoms with E-state index >= 15 is 0 Å². The van der Waals surface area contributed by atoms with Crippen LogP contribution in [-0.4, -0.2) is 4.92 Å². The van der Waals surface area contributed by atoms with Crippen molar-refractivity contribution in [3.05, 3.63) is 102 Å². The van der Waals surface area contributed by atoms with E-state index in [1.165, 1.54) is 12.1 Å². The van der Waals surface area contributed by atoms with Gasteiger partial charge in [0.2, 0.25) is 0 Å². The standard InChI is InChI=1S/C22H14ClIN2O3/c23-20-7-2-1-6-19(20)17(13-25)10-15-8-9-22(21(24)12-15)29-14-16-4-3-5-18(11-16)26(27)28/h1-12H,14H2. The molecule has 5 nitrogen and oxygen atoms in total. The Balaban J connectivity index is 1.78. The van der Waals surface area contributed by atoms with E-state index in [0.717, 1.165) is 9.13 Å². The first-order valence-electron chi connectivity index (χ1n) is 8.50. The molecule has 0 atom stereocenters. The largest absolute Gasteiger partial charge is 0.488 e. The van der Waals surface area contributed by atoms with Gasteiger partial charge in [0.05, 0.1) is 20.1 Å². The molecule has 3 aromatic carbocycles. The van der Waals surface area contributed by atoms with Crippen molar-refractivity contribution in [1.29, 1.82) is 5.26 Å². The highest BCUT2D eigenvalue weighted by Gasteiger charge is 2.09. The monoisotopic (exact) mass is 516 g/mol. The molecule has 3 rings (SSSR count). The Morgan fingerprint density at radius 2 is 1.97 bits per heavy atom. The molecule has 0 amide bonds. The molecule has 0 radical (unpaired) electrons. The van der Waals surface area contributed by atoms with Crippen molar-refractivity contribution in [1.82, 2.24) is 0 Å². The van der Waals surface area contributed by atoms with Crippen LogP contribution in [0.2, 0.25) is 5.02 Å². The van der Waals surface area contributed by atoms with Gasteiger partial charge in [-0.3, -0.25) is 10.1 Å². The van der Waals surface area contributed by atoms with Crippen LogP contribution in [0.1, 0.15) is 16.7 Å². The summed E-state index contributed by atoms with van der Waals surface area (Å²) in [4.78, 5) is 10.5. The van der Waals surface area contributed by atoms with Gasteiger partial charge in [0.15, 0.2) is 0 Å². The van der Waals surface area contributed by atoms with Crippen LogP contribution in [-0.2, 0) is 6.61 Å². The van der Waals surface area contributed by atoms with Crippen LogP contribution in [0.25, 0.3) is 11.6 Å². The lowest BCUT2D eigenvalue weighted by molar-refractivity contribution is -0.384. The molecule has 0 fully saturated rings. The van der Waals surface area contributed by atoms with Crippen molar-refractivity contribution < 1.29 is 9.66 Å². The van der Waals surface area contributed by atoms with Crippen LogP contribution < -0.4 is 4.74 Å². The predicted octanol–water partition coefficient (Wildman–Crippen LogP) is 6.50. The third-order valence-corrected chi connectivity index (χ3v) is 5.24. The lowest BCUT2D eigenvalue weighted by Crippen LogP contribution is -1.98. The molecule has 0 saturated carbocycles. The summed E-state index contributed by atoms with van der Waals surface area (Å²) < 4.78 is 6.67. The average molecular weight is 517 g/mol. The van der Waals surface area contributed by atoms with Gasteiger partial charge in [-0.15, -0.1) is 0 Å². The van der Waals surface area contributed by atoms with Gasteiger partial charge < -0.3 is 4.74 Å². The number of halogens is 2. The van der Waals surface area contributed by atoms with Crippen molar-refractivity contribution in [3.8, 4) is 11.8 Å². The fraction of sp³-hybridized carbons (Fsp3) is 0.0455. The Labute approximate surface area is 186 Å². The maximum atomic E-state index is 10.9. The molecule has 0 bridgehead atoms. The van der Waals surface area contributed by atoms with Gasteiger partial charge in [0.1, 0.15) is 12.4 Å². The van der Waals surface area contributed by atoms with E-state index in [2.05, 4.69) is 28.7 Å². The SMILES string of the molecule is N#CC(=Cc1ccc(OCc2cccc([N+](=O)[O-])c2)c(I)c1)c1ccccc1Cl. The lowest BCUT2D eigenvalue weighted by Gasteiger charge is -2.09. The summed E-state index contributed by atoms with van der Waals surface area (Å²) in [5.41, 5.74) is 2.73. The number of non-ortho nitro benzene ring substituents is 1. The molecular weight excluding hydrogens is 503 g/mol. The maximum absolute atomic E-state index is 10.9. The minimum absolute atomic E-state index is 0.0323. The fourth-order valence-electron chi connectivity index (χ4n) is 2.66. The highest BCUT2D eigenvalue weighted by atomic mass is 127. The number of nitro benzene ring substituents is 1. The summed E-state index contributed by atoms with van der Waals surface area (Å²) in [6.07, 6.45) is 1.77. The first-order chi connectivity index (χ1) is 14.0. The minimum atomic E-state index is -0.430. The number of nitriles is 1. The zero-order chi connectivity index (χ0) is 20.8. The van der Waals surface area contributed by atoms with Crippen LogP contribution in [0.4, 0.5) is 5.69 Å². The molecule has 0 aliphatic rings. The second-order valence-electron chi connectivity index (χ2n) is 6.06. The van der Waals surface area contributed by atoms with Crippen molar-refractivity contribution in [2.75, 3.05) is 0 Å². The summed E-state index contributed by atoms with van der Waals surface area (Å²) in [6.45, 7) is 0.218. The van der Waals surface area contributed by atoms with Crippen molar-refractivity contribution >= 4 is 51.5 Å². The summed E-state index contributed by atoms with van der Waals surface area (Å²) in [5, 5.41) is 20.9. The Morgan fingerprint density at radius 3 is 2.66 bits per heavy atom. The van der Waals surface area contributed by atoms with E-state index in [1.807, 2.05) is 30.3 Å². The molecule has 0 aliphatic carbocycles. The second-order valence-corrected chi connectivity index (χ2v) is 7.62. The minimum Gasteiger partial charge on any atom is -0.488 e. The zero-order valence-corrected chi connectivity index (χ0v) is 17.9. The molecule has 0 unspecified atom stereocenters. The van der Waals surface area contributed by atoms with E-state index in [4.69, 9.17) is 16.3 Å². The molecular formula is C22H14ClIN2O3. The summed E-state index contributed by atoms with van der Waals surface area (Å²) >= 11 is 8.35. The Kier molecular flexibility index (Phi) is 6.86. The van der Waals surface area contributed by atoms with Crippen molar-refractivity contribution in [2.24, 2.45) is 0 Å². The normalized spacial score (nSPS) is 11.0. The summed E-state index contributed by atoms with van der Waals surface area (Å²) in [7, 11) is 0. The van der Waals surface area contributed by atoms with Crippen LogP contribution in [0.15, 0.2) is 66.7 Å². The Bertz CT molecular complexity index is 1140. The van der Waals surface area contributed by atoms with Gasteiger partial charge in [-0.2, -0.15) is 5.26 Å². The highest BCUT2D eigenvalue weighted by Crippen LogP contribution is 2.28. The number of hydrogen-bond donors (Lipinski definition) is 0. The average Bonchev–Trinajstić information content (AvgIpc) is 2.72. The number of ether oxygens (including phenoxy) is 1. The van der Waals surface area contributed by atoms with E-state index in [-0.39, 0.29) is 12.3 Å². The van der Waals surface area contributed by atoms with E-state index in [9.17, 15) is 15.4 Å². The Hall–Kier alpha value is -2.89. The molecule has 7 heteroatoms. The van der Waals surface area contributed by atoms with Crippen LogP contribution in [0.5, 0.6) is 5.75 Å². The first kappa shape index (κ1) is 20.8. The Morgan fingerprint density at radius 1 is 1.17 bits per heavy atom. The fourth-order valence-corrected chi connectivity index (χ4v) is 3.59. The van der Waals surface area contributed by atoms with E-state index in [1.54, 1.807) is 30.3 Å². The smallest absolute Gasteiger partial charge is 0.269 e. The van der Waals surface area contributed by atoms with Gasteiger partial charge in [-0.05, 0) is 58.0 Å². The van der Waals surface area contributed by atoms with E-state index < -0.39 is 4.92 Å². The third kappa shape index (κ3) is 5.34. The first-order valence-corrected chi connectivity index (χ1v) is 9.96. The molecule has 0 aliphatic heterocycles. The lowest BCUT2D eigenvalue weighted by atomic mass is 10.0. The number of nitro groups is 1. The number of nitrogens with zero attached hydrogens (tertiary/aromatic N) is 2. The number of rotatable bonds is 6. The summed E-state index contributed by atoms with van der Waals surface area (Å²) in [6, 6.07) is 21.3. The number of allylic oxidation sites excluding steroid dienone is 1. The zero-order valence-electron chi connectivity index (χ0n) is 15.0. The highest BCUT2D eigenvalue weighted by molar-refractivity contribution is 14.1. The van der Waals surface area contributed by atoms with Gasteiger partial charge in [0.25, 0.3) is 5.69 Å². The van der Waals surface area contributed by atoms with Crippen molar-refractivity contribution in [2.45, 2.75) is 6.61 Å². The van der Waals surface area contributed by atoms with Gasteiger partial charge in [-0.25, -0.2) is 0 Å². The molecule has 0 heterocycles. The molecule has 0 spiro atoms. The molecule has 3 aromatic rings. The molecule has 0 saturated heterocycles. The van der Waals surface area contributed by atoms with Gasteiger partial charge in [-0.1, -0.05) is 48.0 Å². The van der Waals surface area contributed by atoms with Crippen LogP contribution in [0, 0.1) is 25.0 Å². The molecule has 0 aromatic heterocycles. The molecule has 144 valence electrons. The van der Waals surface area contributed by atoms with Crippen molar-refractivity contribution in [3.63, 3.8) is 0 Å². The molecule has 29 heavy (non-hydrogen) atoms. The van der Waals surface area contributed by atoms with E-state index in [0.29, 0.717) is 27.5 Å². The second kappa shape index (κ2) is 9.54. The van der Waals surface area contributed by atoms with Crippen LogP contribution >= 0.6 is 34.2 Å². The number of hydrogen-bond acceptors (Lipinski definition) is 4.